The minimum absolute atomic E-state index is 0.0216. The summed E-state index contributed by atoms with van der Waals surface area (Å²) in [6.07, 6.45) is -1.11. The van der Waals surface area contributed by atoms with Crippen LogP contribution in [0.5, 0.6) is 11.5 Å². The van der Waals surface area contributed by atoms with Gasteiger partial charge in [0.1, 0.15) is 22.9 Å². The number of aryl methyl sites for hydroxylation is 1. The summed E-state index contributed by atoms with van der Waals surface area (Å²) in [5.41, 5.74) is -0.291. The van der Waals surface area contributed by atoms with Crippen LogP contribution in [0.1, 0.15) is 48.5 Å². The van der Waals surface area contributed by atoms with Gasteiger partial charge in [-0.1, -0.05) is 26.2 Å². The number of carbonyl (C=O) groups excluding carboxylic acids is 1. The van der Waals surface area contributed by atoms with Gasteiger partial charge in [-0.3, -0.25) is 0 Å². The molecule has 12 heteroatoms. The zero-order valence-electron chi connectivity index (χ0n) is 19.4. The lowest BCUT2D eigenvalue weighted by Gasteiger charge is -2.17. The van der Waals surface area contributed by atoms with Crippen molar-refractivity contribution in [3.05, 3.63) is 71.3 Å². The Balaban J connectivity index is 1.72. The van der Waals surface area contributed by atoms with Crippen LogP contribution in [-0.2, 0) is 6.42 Å². The van der Waals surface area contributed by atoms with Gasteiger partial charge in [0.15, 0.2) is 17.4 Å². The maximum absolute atomic E-state index is 14.6. The van der Waals surface area contributed by atoms with Crippen molar-refractivity contribution in [2.75, 3.05) is 0 Å². The van der Waals surface area contributed by atoms with Crippen molar-refractivity contribution in [1.29, 1.82) is 0 Å². The number of halogens is 7. The van der Waals surface area contributed by atoms with Crippen molar-refractivity contribution in [2.24, 2.45) is 0 Å². The van der Waals surface area contributed by atoms with Crippen LogP contribution < -0.4 is 9.47 Å². The molecule has 0 amide bonds. The Morgan fingerprint density at radius 1 is 0.946 bits per heavy atom. The molecule has 1 aromatic heterocycles. The standard InChI is InChI=1S/C25H21F7N2O3/c1-2-3-4-5-6-14-12-33-22(34-13-14)15-9-18(27)21(19(28)10-15)23(35)36-16-7-8-20(17(26)11-16)37-25(31,32)24(29)30/h7-13,24H,2-6H2,1H3. The van der Waals surface area contributed by atoms with Crippen LogP contribution in [0.15, 0.2) is 42.7 Å². The van der Waals surface area contributed by atoms with Gasteiger partial charge >= 0.3 is 18.5 Å². The topological polar surface area (TPSA) is 61.3 Å². The fourth-order valence-corrected chi connectivity index (χ4v) is 3.26. The molecule has 198 valence electrons. The van der Waals surface area contributed by atoms with Crippen LogP contribution in [0.3, 0.4) is 0 Å². The summed E-state index contributed by atoms with van der Waals surface area (Å²) in [5, 5.41) is 0. The van der Waals surface area contributed by atoms with Gasteiger partial charge in [0.05, 0.1) is 0 Å². The highest BCUT2D eigenvalue weighted by Gasteiger charge is 2.44. The van der Waals surface area contributed by atoms with Crippen LogP contribution in [0.2, 0.25) is 0 Å². The molecule has 0 saturated carbocycles. The second-order valence-corrected chi connectivity index (χ2v) is 7.99. The fraction of sp³-hybridized carbons (Fsp3) is 0.320. The van der Waals surface area contributed by atoms with Gasteiger partial charge in [-0.2, -0.15) is 17.6 Å². The number of rotatable bonds is 11. The summed E-state index contributed by atoms with van der Waals surface area (Å²) < 4.78 is 102. The van der Waals surface area contributed by atoms with Gasteiger partial charge in [-0.15, -0.1) is 0 Å². The number of aromatic nitrogens is 2. The third-order valence-corrected chi connectivity index (χ3v) is 5.14. The summed E-state index contributed by atoms with van der Waals surface area (Å²) in [6, 6.07) is 3.21. The van der Waals surface area contributed by atoms with E-state index in [1.165, 1.54) is 0 Å². The van der Waals surface area contributed by atoms with E-state index >= 15 is 0 Å². The molecule has 5 nitrogen and oxygen atoms in total. The number of hydrogen-bond acceptors (Lipinski definition) is 5. The van der Waals surface area contributed by atoms with E-state index < -0.39 is 53.0 Å². The Morgan fingerprint density at radius 3 is 2.16 bits per heavy atom. The van der Waals surface area contributed by atoms with Crippen LogP contribution in [0, 0.1) is 17.5 Å². The molecule has 0 radical (unpaired) electrons. The molecule has 0 fully saturated rings. The largest absolute Gasteiger partial charge is 0.461 e. The molecule has 37 heavy (non-hydrogen) atoms. The van der Waals surface area contributed by atoms with Crippen molar-refractivity contribution in [3.8, 4) is 22.9 Å². The third kappa shape index (κ3) is 7.17. The highest BCUT2D eigenvalue weighted by atomic mass is 19.3. The van der Waals surface area contributed by atoms with Crippen LogP contribution >= 0.6 is 0 Å². The summed E-state index contributed by atoms with van der Waals surface area (Å²) in [5.74, 6) is -7.64. The van der Waals surface area contributed by atoms with Crippen LogP contribution in [-0.4, -0.2) is 28.5 Å². The Kier molecular flexibility index (Phi) is 9.06. The molecule has 0 unspecified atom stereocenters. The number of unbranched alkanes of at least 4 members (excludes halogenated alkanes) is 3. The third-order valence-electron chi connectivity index (χ3n) is 5.14. The fourth-order valence-electron chi connectivity index (χ4n) is 3.26. The van der Waals surface area contributed by atoms with Crippen molar-refractivity contribution in [3.63, 3.8) is 0 Å². The van der Waals surface area contributed by atoms with E-state index in [-0.39, 0.29) is 11.4 Å². The number of esters is 1. The van der Waals surface area contributed by atoms with Gasteiger partial charge in [-0.05, 0) is 42.7 Å². The lowest BCUT2D eigenvalue weighted by Crippen LogP contribution is -2.33. The van der Waals surface area contributed by atoms with Crippen molar-refractivity contribution in [1.82, 2.24) is 9.97 Å². The first-order valence-electron chi connectivity index (χ1n) is 11.2. The summed E-state index contributed by atoms with van der Waals surface area (Å²) >= 11 is 0. The predicted molar refractivity (Wildman–Crippen MR) is 118 cm³/mol. The second kappa shape index (κ2) is 12.0. The molecule has 0 saturated heterocycles. The van der Waals surface area contributed by atoms with Crippen molar-refractivity contribution < 1.29 is 45.0 Å². The normalized spacial score (nSPS) is 11.6. The smallest absolute Gasteiger partial charge is 0.425 e. The molecule has 0 aliphatic heterocycles. The lowest BCUT2D eigenvalue weighted by atomic mass is 10.1. The van der Waals surface area contributed by atoms with E-state index in [1.54, 1.807) is 12.4 Å². The first kappa shape index (κ1) is 27.9. The van der Waals surface area contributed by atoms with E-state index in [9.17, 15) is 35.5 Å². The summed E-state index contributed by atoms with van der Waals surface area (Å²) in [4.78, 5) is 20.5. The number of hydrogen-bond donors (Lipinski definition) is 0. The minimum atomic E-state index is -4.97. The summed E-state index contributed by atoms with van der Waals surface area (Å²) in [6.45, 7) is 2.10. The molecule has 2 aromatic carbocycles. The van der Waals surface area contributed by atoms with Gasteiger partial charge in [0.2, 0.25) is 0 Å². The van der Waals surface area contributed by atoms with E-state index in [4.69, 9.17) is 4.74 Å². The van der Waals surface area contributed by atoms with E-state index in [1.807, 2.05) is 0 Å². The predicted octanol–water partition coefficient (Wildman–Crippen LogP) is 7.14. The minimum Gasteiger partial charge on any atom is -0.425 e. The monoisotopic (exact) mass is 530 g/mol. The van der Waals surface area contributed by atoms with E-state index in [2.05, 4.69) is 21.6 Å². The molecular weight excluding hydrogens is 509 g/mol. The number of carbonyl (C=O) groups is 1. The van der Waals surface area contributed by atoms with Crippen molar-refractivity contribution >= 4 is 5.97 Å². The molecule has 0 bridgehead atoms. The SMILES string of the molecule is CCCCCCc1cnc(-c2cc(F)c(C(=O)Oc3ccc(OC(F)(F)C(F)F)c(F)c3)c(F)c2)nc1. The highest BCUT2D eigenvalue weighted by molar-refractivity contribution is 5.92. The molecule has 0 aliphatic carbocycles. The first-order chi connectivity index (χ1) is 17.5. The molecule has 0 spiro atoms. The molecular formula is C25H21F7N2O3. The molecule has 0 aliphatic rings. The van der Waals surface area contributed by atoms with Crippen molar-refractivity contribution in [2.45, 2.75) is 51.6 Å². The molecule has 0 N–H and O–H groups in total. The Hall–Kier alpha value is -3.70. The van der Waals surface area contributed by atoms with Crippen LogP contribution in [0.4, 0.5) is 30.7 Å². The average molecular weight is 530 g/mol. The maximum Gasteiger partial charge on any atom is 0.461 e. The van der Waals surface area contributed by atoms with Gasteiger partial charge < -0.3 is 9.47 Å². The van der Waals surface area contributed by atoms with E-state index in [0.717, 1.165) is 55.9 Å². The Morgan fingerprint density at radius 2 is 1.59 bits per heavy atom. The molecule has 1 heterocycles. The van der Waals surface area contributed by atoms with Gasteiger partial charge in [0, 0.05) is 24.0 Å². The number of benzene rings is 2. The number of alkyl halides is 4. The van der Waals surface area contributed by atoms with E-state index in [0.29, 0.717) is 12.1 Å². The highest BCUT2D eigenvalue weighted by Crippen LogP contribution is 2.31. The quantitative estimate of drug-likeness (QED) is 0.114. The average Bonchev–Trinajstić information content (AvgIpc) is 2.83. The molecule has 0 atom stereocenters. The van der Waals surface area contributed by atoms with Gasteiger partial charge in [0.25, 0.3) is 0 Å². The zero-order chi connectivity index (χ0) is 27.2. The van der Waals surface area contributed by atoms with Gasteiger partial charge in [-0.25, -0.2) is 27.9 Å². The summed E-state index contributed by atoms with van der Waals surface area (Å²) in [7, 11) is 0. The second-order valence-electron chi connectivity index (χ2n) is 7.99. The van der Waals surface area contributed by atoms with Crippen LogP contribution in [0.25, 0.3) is 11.4 Å². The molecule has 3 aromatic rings. The Bertz CT molecular complexity index is 1210. The molecule has 3 rings (SSSR count). The first-order valence-corrected chi connectivity index (χ1v) is 11.2. The number of ether oxygens (including phenoxy) is 2. The lowest BCUT2D eigenvalue weighted by molar-refractivity contribution is -0.254. The Labute approximate surface area is 207 Å². The number of nitrogens with zero attached hydrogens (tertiary/aromatic N) is 2. The maximum atomic E-state index is 14.6. The zero-order valence-corrected chi connectivity index (χ0v) is 19.4.